The number of carbonyl (C=O) groups is 1. The van der Waals surface area contributed by atoms with E-state index < -0.39 is 5.97 Å². The zero-order valence-corrected chi connectivity index (χ0v) is 11.2. The number of carboxylic acid groups (broad SMARTS) is 1. The topological polar surface area (TPSA) is 64.3 Å². The van der Waals surface area contributed by atoms with Crippen molar-refractivity contribution < 1.29 is 9.90 Å². The zero-order valence-electron chi connectivity index (χ0n) is 9.64. The molecule has 0 fully saturated rings. The molecule has 0 saturated carbocycles. The molecule has 0 heterocycles. The summed E-state index contributed by atoms with van der Waals surface area (Å²) in [4.78, 5) is 12.5. The molecule has 0 amide bonds. The van der Waals surface area contributed by atoms with Gasteiger partial charge in [-0.3, -0.25) is 4.79 Å². The Balaban J connectivity index is 3.07. The summed E-state index contributed by atoms with van der Waals surface area (Å²) in [6.07, 6.45) is 0. The van der Waals surface area contributed by atoms with Crippen molar-refractivity contribution in [3.05, 3.63) is 28.2 Å². The molecule has 0 spiro atoms. The number of anilines is 1. The summed E-state index contributed by atoms with van der Waals surface area (Å²) in [5, 5.41) is 17.7. The molecule has 0 aliphatic heterocycles. The van der Waals surface area contributed by atoms with Gasteiger partial charge in [-0.25, -0.2) is 0 Å². The molecule has 1 aromatic carbocycles. The van der Waals surface area contributed by atoms with Crippen LogP contribution in [0.1, 0.15) is 19.4 Å². The lowest BCUT2D eigenvalue weighted by molar-refractivity contribution is -0.135. The average Bonchev–Trinajstić information content (AvgIpc) is 2.25. The van der Waals surface area contributed by atoms with Crippen molar-refractivity contribution in [1.29, 1.82) is 5.26 Å². The lowest BCUT2D eigenvalue weighted by Crippen LogP contribution is -2.35. The quantitative estimate of drug-likeness (QED) is 0.928. The maximum Gasteiger partial charge on any atom is 0.323 e. The number of hydrogen-bond acceptors (Lipinski definition) is 3. The van der Waals surface area contributed by atoms with E-state index in [1.807, 2.05) is 19.9 Å². The van der Waals surface area contributed by atoms with Crippen LogP contribution >= 0.6 is 15.9 Å². The number of hydrogen-bond donors (Lipinski definition) is 1. The highest BCUT2D eigenvalue weighted by Gasteiger charge is 2.15. The molecular formula is C12H13BrN2O2. The molecule has 0 aliphatic rings. The van der Waals surface area contributed by atoms with Crippen molar-refractivity contribution in [2.45, 2.75) is 19.9 Å². The molecule has 4 nitrogen and oxygen atoms in total. The molecule has 0 saturated heterocycles. The Bertz CT molecular complexity index is 466. The van der Waals surface area contributed by atoms with Crippen LogP contribution in [0.2, 0.25) is 0 Å². The summed E-state index contributed by atoms with van der Waals surface area (Å²) in [5.41, 5.74) is 1.32. The second-order valence-electron chi connectivity index (χ2n) is 3.89. The summed E-state index contributed by atoms with van der Waals surface area (Å²) >= 11 is 3.29. The molecule has 0 unspecified atom stereocenters. The van der Waals surface area contributed by atoms with Gasteiger partial charge in [-0.15, -0.1) is 0 Å². The van der Waals surface area contributed by atoms with Gasteiger partial charge >= 0.3 is 5.97 Å². The van der Waals surface area contributed by atoms with Crippen LogP contribution in [0, 0.1) is 11.3 Å². The molecule has 0 aromatic heterocycles. The third kappa shape index (κ3) is 3.46. The van der Waals surface area contributed by atoms with Gasteiger partial charge in [0, 0.05) is 16.2 Å². The maximum absolute atomic E-state index is 10.8. The fourth-order valence-electron chi connectivity index (χ4n) is 1.49. The summed E-state index contributed by atoms with van der Waals surface area (Å²) in [5.74, 6) is -0.876. The predicted octanol–water partition coefficient (Wildman–Crippen LogP) is 2.62. The van der Waals surface area contributed by atoms with Gasteiger partial charge in [0.1, 0.15) is 12.6 Å². The van der Waals surface area contributed by atoms with Crippen LogP contribution < -0.4 is 4.90 Å². The zero-order chi connectivity index (χ0) is 13.0. The van der Waals surface area contributed by atoms with Crippen LogP contribution in [0.3, 0.4) is 0 Å². The van der Waals surface area contributed by atoms with Crippen LogP contribution in [0.5, 0.6) is 0 Å². The van der Waals surface area contributed by atoms with Gasteiger partial charge in [0.05, 0.1) is 5.56 Å². The first-order valence-corrected chi connectivity index (χ1v) is 5.93. The molecule has 0 radical (unpaired) electrons. The Morgan fingerprint density at radius 2 is 2.24 bits per heavy atom. The lowest BCUT2D eigenvalue weighted by atomic mass is 10.2. The maximum atomic E-state index is 10.8. The highest BCUT2D eigenvalue weighted by Crippen LogP contribution is 2.24. The van der Waals surface area contributed by atoms with Gasteiger partial charge in [0.2, 0.25) is 0 Å². The molecule has 1 N–H and O–H groups in total. The van der Waals surface area contributed by atoms with Gasteiger partial charge in [-0.1, -0.05) is 0 Å². The van der Waals surface area contributed by atoms with Crippen molar-refractivity contribution in [3.63, 3.8) is 0 Å². The van der Waals surface area contributed by atoms with E-state index in [1.165, 1.54) is 0 Å². The SMILES string of the molecule is CC(C)N(CC(=O)O)c1ccc(C#N)c(Br)c1. The highest BCUT2D eigenvalue weighted by molar-refractivity contribution is 9.10. The molecule has 0 atom stereocenters. The molecule has 90 valence electrons. The summed E-state index contributed by atoms with van der Waals surface area (Å²) < 4.78 is 0.675. The van der Waals surface area contributed by atoms with Gasteiger partial charge < -0.3 is 10.0 Å². The molecule has 0 aliphatic carbocycles. The van der Waals surface area contributed by atoms with Crippen LogP contribution in [0.4, 0.5) is 5.69 Å². The third-order valence-electron chi connectivity index (χ3n) is 2.33. The third-order valence-corrected chi connectivity index (χ3v) is 2.99. The van der Waals surface area contributed by atoms with Crippen LogP contribution in [-0.4, -0.2) is 23.7 Å². The Kier molecular flexibility index (Phi) is 4.53. The molecule has 1 aromatic rings. The van der Waals surface area contributed by atoms with Gasteiger partial charge in [0.15, 0.2) is 0 Å². The highest BCUT2D eigenvalue weighted by atomic mass is 79.9. The van der Waals surface area contributed by atoms with Crippen molar-refractivity contribution in [2.24, 2.45) is 0 Å². The minimum absolute atomic E-state index is 0.0595. The fourth-order valence-corrected chi connectivity index (χ4v) is 1.95. The second-order valence-corrected chi connectivity index (χ2v) is 4.75. The van der Waals surface area contributed by atoms with Gasteiger partial charge in [-0.2, -0.15) is 5.26 Å². The Morgan fingerprint density at radius 3 is 2.65 bits per heavy atom. The van der Waals surface area contributed by atoms with Crippen molar-refractivity contribution >= 4 is 27.6 Å². The Hall–Kier alpha value is -1.54. The van der Waals surface area contributed by atoms with Gasteiger partial charge in [0.25, 0.3) is 0 Å². The van der Waals surface area contributed by atoms with Crippen molar-refractivity contribution in [1.82, 2.24) is 0 Å². The number of carboxylic acids is 1. The molecular weight excluding hydrogens is 284 g/mol. The minimum atomic E-state index is -0.876. The van der Waals surface area contributed by atoms with Crippen LogP contribution in [0.15, 0.2) is 22.7 Å². The summed E-state index contributed by atoms with van der Waals surface area (Å²) in [7, 11) is 0. The van der Waals surface area contributed by atoms with E-state index in [0.717, 1.165) is 5.69 Å². The molecule has 1 rings (SSSR count). The average molecular weight is 297 g/mol. The van der Waals surface area contributed by atoms with E-state index in [9.17, 15) is 4.79 Å². The first-order valence-electron chi connectivity index (χ1n) is 5.13. The van der Waals surface area contributed by atoms with Crippen molar-refractivity contribution in [3.8, 4) is 6.07 Å². The first kappa shape index (κ1) is 13.5. The van der Waals surface area contributed by atoms with Crippen LogP contribution in [0.25, 0.3) is 0 Å². The normalized spacial score (nSPS) is 10.1. The van der Waals surface area contributed by atoms with E-state index in [4.69, 9.17) is 10.4 Å². The standard InChI is InChI=1S/C12H13BrN2O2/c1-8(2)15(7-12(16)17)10-4-3-9(6-14)11(13)5-10/h3-5,8H,7H2,1-2H3,(H,16,17). The second kappa shape index (κ2) is 5.69. The molecule has 0 bridgehead atoms. The summed E-state index contributed by atoms with van der Waals surface area (Å²) in [6, 6.07) is 7.32. The van der Waals surface area contributed by atoms with Gasteiger partial charge in [-0.05, 0) is 48.0 Å². The van der Waals surface area contributed by atoms with E-state index in [0.29, 0.717) is 10.0 Å². The van der Waals surface area contributed by atoms with Crippen LogP contribution in [-0.2, 0) is 4.79 Å². The lowest BCUT2D eigenvalue weighted by Gasteiger charge is -2.27. The van der Waals surface area contributed by atoms with E-state index in [-0.39, 0.29) is 12.6 Å². The smallest absolute Gasteiger partial charge is 0.323 e. The number of aliphatic carboxylic acids is 1. The molecule has 5 heteroatoms. The number of rotatable bonds is 4. The summed E-state index contributed by atoms with van der Waals surface area (Å²) in [6.45, 7) is 3.79. The minimum Gasteiger partial charge on any atom is -0.480 e. The Labute approximate surface area is 109 Å². The predicted molar refractivity (Wildman–Crippen MR) is 69.0 cm³/mol. The van der Waals surface area contributed by atoms with E-state index >= 15 is 0 Å². The number of nitriles is 1. The van der Waals surface area contributed by atoms with Crippen molar-refractivity contribution in [2.75, 3.05) is 11.4 Å². The largest absolute Gasteiger partial charge is 0.480 e. The number of nitrogens with zero attached hydrogens (tertiary/aromatic N) is 2. The fraction of sp³-hybridized carbons (Fsp3) is 0.333. The first-order chi connectivity index (χ1) is 7.95. The number of benzene rings is 1. The van der Waals surface area contributed by atoms with E-state index in [1.54, 1.807) is 23.1 Å². The number of halogens is 1. The monoisotopic (exact) mass is 296 g/mol. The van der Waals surface area contributed by atoms with E-state index in [2.05, 4.69) is 15.9 Å². The Morgan fingerprint density at radius 1 is 1.59 bits per heavy atom. The molecule has 17 heavy (non-hydrogen) atoms.